The van der Waals surface area contributed by atoms with Crippen LogP contribution in [0.5, 0.6) is 0 Å². The maximum absolute atomic E-state index is 5.40. The first-order valence-electron chi connectivity index (χ1n) is 6.44. The highest BCUT2D eigenvalue weighted by Gasteiger charge is 2.16. The van der Waals surface area contributed by atoms with Crippen LogP contribution >= 0.6 is 23.6 Å². The predicted molar refractivity (Wildman–Crippen MR) is 85.7 cm³/mol. The molecule has 3 aromatic rings. The van der Waals surface area contributed by atoms with Gasteiger partial charge in [0, 0.05) is 0 Å². The monoisotopic (exact) mass is 301 g/mol. The van der Waals surface area contributed by atoms with Gasteiger partial charge in [-0.1, -0.05) is 35.9 Å². The molecule has 5 heteroatoms. The number of aromatic amines is 1. The van der Waals surface area contributed by atoms with Crippen molar-refractivity contribution in [2.75, 3.05) is 0 Å². The average Bonchev–Trinajstić information content (AvgIpc) is 3.07. The molecular weight excluding hydrogens is 286 g/mol. The highest BCUT2D eigenvalue weighted by atomic mass is 32.1. The van der Waals surface area contributed by atoms with Gasteiger partial charge in [-0.05, 0) is 43.1 Å². The van der Waals surface area contributed by atoms with Crippen LogP contribution in [0.15, 0.2) is 41.8 Å². The van der Waals surface area contributed by atoms with Crippen LogP contribution in [-0.4, -0.2) is 14.8 Å². The number of thiophene rings is 1. The molecule has 1 unspecified atom stereocenters. The molecule has 0 radical (unpaired) electrons. The molecule has 0 fully saturated rings. The highest BCUT2D eigenvalue weighted by Crippen LogP contribution is 2.28. The molecule has 1 N–H and O–H groups in total. The van der Waals surface area contributed by atoms with E-state index in [-0.39, 0.29) is 6.04 Å². The Morgan fingerprint density at radius 3 is 2.65 bits per heavy atom. The molecule has 0 aliphatic carbocycles. The molecule has 0 aliphatic rings. The quantitative estimate of drug-likeness (QED) is 0.718. The van der Waals surface area contributed by atoms with E-state index in [2.05, 4.69) is 58.9 Å². The summed E-state index contributed by atoms with van der Waals surface area (Å²) in [5.74, 6) is 0.901. The number of aromatic nitrogens is 3. The lowest BCUT2D eigenvalue weighted by molar-refractivity contribution is 0.636. The number of nitrogens with one attached hydrogen (secondary N) is 1. The highest BCUT2D eigenvalue weighted by molar-refractivity contribution is 7.71. The van der Waals surface area contributed by atoms with Gasteiger partial charge in [-0.3, -0.25) is 9.67 Å². The summed E-state index contributed by atoms with van der Waals surface area (Å²) in [6.07, 6.45) is 0. The summed E-state index contributed by atoms with van der Waals surface area (Å²) in [6.45, 7) is 4.24. The molecular formula is C15H15N3S2. The van der Waals surface area contributed by atoms with Crippen LogP contribution in [0, 0.1) is 11.7 Å². The first-order valence-corrected chi connectivity index (χ1v) is 7.73. The van der Waals surface area contributed by atoms with Crippen molar-refractivity contribution < 1.29 is 0 Å². The Kier molecular flexibility index (Phi) is 3.54. The molecule has 2 aromatic heterocycles. The second-order valence-corrected chi connectivity index (χ2v) is 6.12. The smallest absolute Gasteiger partial charge is 0.196 e. The van der Waals surface area contributed by atoms with Crippen molar-refractivity contribution in [3.63, 3.8) is 0 Å². The molecule has 0 saturated carbocycles. The van der Waals surface area contributed by atoms with Crippen molar-refractivity contribution in [1.82, 2.24) is 14.8 Å². The zero-order valence-corrected chi connectivity index (χ0v) is 13.0. The van der Waals surface area contributed by atoms with E-state index in [1.807, 2.05) is 11.4 Å². The Bertz CT molecular complexity index is 751. The summed E-state index contributed by atoms with van der Waals surface area (Å²) >= 11 is 7.07. The van der Waals surface area contributed by atoms with E-state index < -0.39 is 0 Å². The Morgan fingerprint density at radius 2 is 2.00 bits per heavy atom. The van der Waals surface area contributed by atoms with E-state index in [0.29, 0.717) is 4.77 Å². The molecule has 0 saturated heterocycles. The molecule has 1 aromatic carbocycles. The lowest BCUT2D eigenvalue weighted by atomic mass is 10.1. The van der Waals surface area contributed by atoms with Crippen molar-refractivity contribution in [1.29, 1.82) is 0 Å². The van der Waals surface area contributed by atoms with Crippen LogP contribution in [0.25, 0.3) is 10.7 Å². The van der Waals surface area contributed by atoms with Crippen LogP contribution in [0.3, 0.4) is 0 Å². The van der Waals surface area contributed by atoms with Gasteiger partial charge in [0.1, 0.15) is 0 Å². The molecule has 0 bridgehead atoms. The van der Waals surface area contributed by atoms with Gasteiger partial charge >= 0.3 is 0 Å². The van der Waals surface area contributed by atoms with Gasteiger partial charge in [0.05, 0.1) is 10.9 Å². The fourth-order valence-electron chi connectivity index (χ4n) is 2.24. The van der Waals surface area contributed by atoms with Gasteiger partial charge in [0.2, 0.25) is 0 Å². The number of H-pyrrole nitrogens is 1. The third-order valence-electron chi connectivity index (χ3n) is 3.39. The number of hydrogen-bond donors (Lipinski definition) is 1. The van der Waals surface area contributed by atoms with Gasteiger partial charge in [0.15, 0.2) is 10.6 Å². The standard InChI is InChI=1S/C15H15N3S2/c1-10-5-7-12(8-6-10)11(2)18-14(16-17-15(18)19)13-4-3-9-20-13/h3-9,11H,1-2H3,(H,17,19). The minimum Gasteiger partial charge on any atom is -0.292 e. The molecule has 3 rings (SSSR count). The zero-order valence-electron chi connectivity index (χ0n) is 11.3. The summed E-state index contributed by atoms with van der Waals surface area (Å²) < 4.78 is 2.73. The normalized spacial score (nSPS) is 12.5. The average molecular weight is 301 g/mol. The zero-order chi connectivity index (χ0) is 14.1. The van der Waals surface area contributed by atoms with Crippen LogP contribution in [-0.2, 0) is 0 Å². The van der Waals surface area contributed by atoms with Crippen molar-refractivity contribution in [2.24, 2.45) is 0 Å². The van der Waals surface area contributed by atoms with E-state index in [4.69, 9.17) is 12.2 Å². The predicted octanol–water partition coefficient (Wildman–Crippen LogP) is 4.59. The Hall–Kier alpha value is -1.72. The topological polar surface area (TPSA) is 33.6 Å². The number of nitrogens with zero attached hydrogens (tertiary/aromatic N) is 2. The third-order valence-corrected chi connectivity index (χ3v) is 4.55. The van der Waals surface area contributed by atoms with E-state index >= 15 is 0 Å². The van der Waals surface area contributed by atoms with Crippen molar-refractivity contribution in [2.45, 2.75) is 19.9 Å². The molecule has 2 heterocycles. The Morgan fingerprint density at radius 1 is 1.25 bits per heavy atom. The van der Waals surface area contributed by atoms with Crippen LogP contribution in [0.1, 0.15) is 24.1 Å². The molecule has 3 nitrogen and oxygen atoms in total. The lowest BCUT2D eigenvalue weighted by Gasteiger charge is -2.15. The summed E-state index contributed by atoms with van der Waals surface area (Å²) in [6, 6.07) is 12.8. The molecule has 0 aliphatic heterocycles. The van der Waals surface area contributed by atoms with Crippen molar-refractivity contribution in [3.8, 4) is 10.7 Å². The molecule has 20 heavy (non-hydrogen) atoms. The Balaban J connectivity index is 2.08. The second-order valence-electron chi connectivity index (χ2n) is 4.79. The number of rotatable bonds is 3. The summed E-state index contributed by atoms with van der Waals surface area (Å²) in [4.78, 5) is 1.12. The number of aryl methyl sites for hydroxylation is 1. The largest absolute Gasteiger partial charge is 0.292 e. The van der Waals surface area contributed by atoms with E-state index in [9.17, 15) is 0 Å². The fourth-order valence-corrected chi connectivity index (χ4v) is 3.24. The molecule has 0 spiro atoms. The minimum absolute atomic E-state index is 0.152. The van der Waals surface area contributed by atoms with Gasteiger partial charge in [-0.15, -0.1) is 11.3 Å². The summed E-state index contributed by atoms with van der Waals surface area (Å²) in [7, 11) is 0. The summed E-state index contributed by atoms with van der Waals surface area (Å²) in [5.41, 5.74) is 2.49. The Labute approximate surface area is 126 Å². The molecule has 1 atom stereocenters. The lowest BCUT2D eigenvalue weighted by Crippen LogP contribution is -2.08. The van der Waals surface area contributed by atoms with Gasteiger partial charge in [-0.25, -0.2) is 0 Å². The van der Waals surface area contributed by atoms with Gasteiger partial charge in [-0.2, -0.15) is 5.10 Å². The van der Waals surface area contributed by atoms with Crippen molar-refractivity contribution >= 4 is 23.6 Å². The van der Waals surface area contributed by atoms with Crippen molar-refractivity contribution in [3.05, 3.63) is 57.7 Å². The molecule has 0 amide bonds. The first kappa shape index (κ1) is 13.3. The van der Waals surface area contributed by atoms with E-state index in [1.54, 1.807) is 11.3 Å². The first-order chi connectivity index (χ1) is 9.66. The van der Waals surface area contributed by atoms with Crippen LogP contribution in [0.2, 0.25) is 0 Å². The minimum atomic E-state index is 0.152. The SMILES string of the molecule is Cc1ccc(C(C)n2c(-c3cccs3)n[nH]c2=S)cc1. The van der Waals surface area contributed by atoms with Crippen LogP contribution < -0.4 is 0 Å². The second kappa shape index (κ2) is 5.34. The fraction of sp³-hybridized carbons (Fsp3) is 0.200. The van der Waals surface area contributed by atoms with E-state index in [0.717, 1.165) is 10.7 Å². The number of benzene rings is 1. The number of hydrogen-bond acceptors (Lipinski definition) is 3. The molecule has 102 valence electrons. The van der Waals surface area contributed by atoms with E-state index in [1.165, 1.54) is 11.1 Å². The van der Waals surface area contributed by atoms with Crippen LogP contribution in [0.4, 0.5) is 0 Å². The van der Waals surface area contributed by atoms with Gasteiger partial charge in [0.25, 0.3) is 0 Å². The maximum atomic E-state index is 5.40. The summed E-state index contributed by atoms with van der Waals surface area (Å²) in [5, 5.41) is 9.34. The third kappa shape index (κ3) is 2.34. The van der Waals surface area contributed by atoms with Gasteiger partial charge < -0.3 is 0 Å². The maximum Gasteiger partial charge on any atom is 0.196 e.